The van der Waals surface area contributed by atoms with Crippen molar-refractivity contribution in [2.24, 2.45) is 0 Å². The molecule has 0 N–H and O–H groups in total. The molecule has 46 valence electrons. The van der Waals surface area contributed by atoms with Crippen molar-refractivity contribution in [2.75, 3.05) is 0 Å². The first-order valence-corrected chi connectivity index (χ1v) is 2.93. The van der Waals surface area contributed by atoms with Crippen molar-refractivity contribution in [3.05, 3.63) is 11.6 Å². The van der Waals surface area contributed by atoms with E-state index in [4.69, 9.17) is 0 Å². The van der Waals surface area contributed by atoms with Gasteiger partial charge in [0.15, 0.2) is 5.12 Å². The van der Waals surface area contributed by atoms with Crippen LogP contribution in [0.15, 0.2) is 11.6 Å². The Hall–Kier alpha value is -0.240. The summed E-state index contributed by atoms with van der Waals surface area (Å²) < 4.78 is 0. The summed E-state index contributed by atoms with van der Waals surface area (Å²) in [6.07, 6.45) is 2.31. The highest BCUT2D eigenvalue weighted by Crippen LogP contribution is 1.94. The molecular weight excluding hydrogens is 120 g/mol. The summed E-state index contributed by atoms with van der Waals surface area (Å²) in [4.78, 5) is 10.2. The molecule has 0 saturated heterocycles. The maximum Gasteiger partial charge on any atom is 0.189 e. The van der Waals surface area contributed by atoms with Crippen molar-refractivity contribution in [1.29, 1.82) is 0 Å². The van der Waals surface area contributed by atoms with Crippen molar-refractivity contribution in [2.45, 2.75) is 20.3 Å². The number of carbonyl (C=O) groups excluding carboxylic acids is 1. The van der Waals surface area contributed by atoms with Crippen LogP contribution in [-0.2, 0) is 4.79 Å². The molecule has 0 aromatic rings. The molecular formula is C6H10OS. The van der Waals surface area contributed by atoms with E-state index in [2.05, 4.69) is 12.6 Å². The molecule has 0 aliphatic carbocycles. The van der Waals surface area contributed by atoms with Crippen molar-refractivity contribution in [1.82, 2.24) is 0 Å². The number of hydrogen-bond acceptors (Lipinski definition) is 1. The van der Waals surface area contributed by atoms with Gasteiger partial charge in [-0.05, 0) is 13.8 Å². The summed E-state index contributed by atoms with van der Waals surface area (Å²) >= 11 is 3.59. The Bertz CT molecular complexity index is 112. The molecule has 0 saturated carbocycles. The van der Waals surface area contributed by atoms with Crippen LogP contribution in [0.2, 0.25) is 0 Å². The van der Waals surface area contributed by atoms with Gasteiger partial charge in [0.2, 0.25) is 0 Å². The standard InChI is InChI=1S/C6H10OS/c1-5(2)3-4-6(7)8/h3H,4H2,1-2H3,(H,7,8). The predicted octanol–water partition coefficient (Wildman–Crippen LogP) is 1.80. The molecule has 0 aromatic heterocycles. The van der Waals surface area contributed by atoms with Crippen LogP contribution in [-0.4, -0.2) is 5.12 Å². The Kier molecular flexibility index (Phi) is 3.61. The molecule has 1 nitrogen and oxygen atoms in total. The van der Waals surface area contributed by atoms with Gasteiger partial charge in [-0.2, -0.15) is 0 Å². The SMILES string of the molecule is CC(C)=CCC(=O)S. The van der Waals surface area contributed by atoms with E-state index in [1.54, 1.807) is 0 Å². The molecule has 0 aromatic carbocycles. The van der Waals surface area contributed by atoms with Gasteiger partial charge in [0.1, 0.15) is 0 Å². The number of hydrogen-bond donors (Lipinski definition) is 1. The molecule has 0 atom stereocenters. The van der Waals surface area contributed by atoms with Gasteiger partial charge in [0.05, 0.1) is 0 Å². The quantitative estimate of drug-likeness (QED) is 0.445. The molecule has 0 radical (unpaired) electrons. The highest BCUT2D eigenvalue weighted by Gasteiger charge is 1.86. The molecule has 0 bridgehead atoms. The normalized spacial score (nSPS) is 8.38. The fourth-order valence-electron chi connectivity index (χ4n) is 0.291. The third kappa shape index (κ3) is 5.76. The second-order valence-electron chi connectivity index (χ2n) is 1.88. The van der Waals surface area contributed by atoms with Crippen LogP contribution in [0.25, 0.3) is 0 Å². The van der Waals surface area contributed by atoms with Crippen LogP contribution in [0.4, 0.5) is 0 Å². The van der Waals surface area contributed by atoms with Crippen LogP contribution in [0.1, 0.15) is 20.3 Å². The average molecular weight is 130 g/mol. The maximum atomic E-state index is 10.2. The molecule has 0 unspecified atom stereocenters. The van der Waals surface area contributed by atoms with Crippen molar-refractivity contribution < 1.29 is 4.79 Å². The van der Waals surface area contributed by atoms with E-state index in [0.29, 0.717) is 6.42 Å². The minimum absolute atomic E-state index is 0.0776. The molecule has 0 spiro atoms. The van der Waals surface area contributed by atoms with Gasteiger partial charge >= 0.3 is 0 Å². The Morgan fingerprint density at radius 1 is 1.62 bits per heavy atom. The fraction of sp³-hybridized carbons (Fsp3) is 0.500. The molecule has 0 aliphatic heterocycles. The van der Waals surface area contributed by atoms with Crippen LogP contribution in [0, 0.1) is 0 Å². The summed E-state index contributed by atoms with van der Waals surface area (Å²) in [5.74, 6) is 0. The predicted molar refractivity (Wildman–Crippen MR) is 38.0 cm³/mol. The second kappa shape index (κ2) is 3.72. The molecule has 2 heteroatoms. The molecule has 0 aliphatic rings. The van der Waals surface area contributed by atoms with Crippen LogP contribution < -0.4 is 0 Å². The zero-order valence-corrected chi connectivity index (χ0v) is 6.03. The number of thiol groups is 1. The van der Waals surface area contributed by atoms with Crippen molar-refractivity contribution >= 4 is 17.7 Å². The Balaban J connectivity index is 3.45. The Morgan fingerprint density at radius 3 is 2.25 bits per heavy atom. The van der Waals surface area contributed by atoms with Crippen LogP contribution in [0.5, 0.6) is 0 Å². The smallest absolute Gasteiger partial charge is 0.189 e. The van der Waals surface area contributed by atoms with E-state index < -0.39 is 0 Å². The molecule has 0 heterocycles. The van der Waals surface area contributed by atoms with Gasteiger partial charge in [-0.1, -0.05) is 11.6 Å². The number of allylic oxidation sites excluding steroid dienone is 2. The average Bonchev–Trinajstić information content (AvgIpc) is 1.61. The van der Waals surface area contributed by atoms with E-state index in [-0.39, 0.29) is 5.12 Å². The van der Waals surface area contributed by atoms with Crippen LogP contribution in [0.3, 0.4) is 0 Å². The second-order valence-corrected chi connectivity index (χ2v) is 2.38. The topological polar surface area (TPSA) is 17.1 Å². The molecule has 0 fully saturated rings. The zero-order chi connectivity index (χ0) is 6.57. The first-order valence-electron chi connectivity index (χ1n) is 2.48. The number of carbonyl (C=O) groups is 1. The van der Waals surface area contributed by atoms with Gasteiger partial charge in [-0.15, -0.1) is 12.6 Å². The van der Waals surface area contributed by atoms with E-state index in [1.165, 1.54) is 0 Å². The first-order chi connectivity index (χ1) is 3.63. The lowest BCUT2D eigenvalue weighted by atomic mass is 10.3. The van der Waals surface area contributed by atoms with Gasteiger partial charge < -0.3 is 0 Å². The van der Waals surface area contributed by atoms with E-state index in [0.717, 1.165) is 5.57 Å². The Morgan fingerprint density at radius 2 is 2.12 bits per heavy atom. The third-order valence-corrected chi connectivity index (χ3v) is 0.868. The van der Waals surface area contributed by atoms with E-state index in [1.807, 2.05) is 19.9 Å². The van der Waals surface area contributed by atoms with Crippen LogP contribution >= 0.6 is 12.6 Å². The summed E-state index contributed by atoms with van der Waals surface area (Å²) in [6.45, 7) is 3.91. The van der Waals surface area contributed by atoms with Gasteiger partial charge in [0, 0.05) is 6.42 Å². The zero-order valence-electron chi connectivity index (χ0n) is 5.14. The molecule has 8 heavy (non-hydrogen) atoms. The maximum absolute atomic E-state index is 10.2. The minimum Gasteiger partial charge on any atom is -0.287 e. The first kappa shape index (κ1) is 7.76. The monoisotopic (exact) mass is 130 g/mol. The lowest BCUT2D eigenvalue weighted by molar-refractivity contribution is -0.110. The van der Waals surface area contributed by atoms with Gasteiger partial charge in [0.25, 0.3) is 0 Å². The van der Waals surface area contributed by atoms with Crippen molar-refractivity contribution in [3.63, 3.8) is 0 Å². The molecule has 0 amide bonds. The summed E-state index contributed by atoms with van der Waals surface area (Å²) in [6, 6.07) is 0. The minimum atomic E-state index is -0.0776. The largest absolute Gasteiger partial charge is 0.287 e. The summed E-state index contributed by atoms with van der Waals surface area (Å²) in [5.41, 5.74) is 1.16. The molecule has 0 rings (SSSR count). The van der Waals surface area contributed by atoms with Gasteiger partial charge in [-0.25, -0.2) is 0 Å². The number of rotatable bonds is 2. The lowest BCUT2D eigenvalue weighted by Gasteiger charge is -1.84. The van der Waals surface area contributed by atoms with E-state index >= 15 is 0 Å². The fourth-order valence-corrected chi connectivity index (χ4v) is 0.383. The summed E-state index contributed by atoms with van der Waals surface area (Å²) in [7, 11) is 0. The van der Waals surface area contributed by atoms with E-state index in [9.17, 15) is 4.79 Å². The third-order valence-electron chi connectivity index (χ3n) is 0.685. The highest BCUT2D eigenvalue weighted by atomic mass is 32.1. The highest BCUT2D eigenvalue weighted by molar-refractivity contribution is 7.96. The Labute approximate surface area is 55.2 Å². The van der Waals surface area contributed by atoms with Gasteiger partial charge in [-0.3, -0.25) is 4.79 Å². The van der Waals surface area contributed by atoms with Crippen molar-refractivity contribution in [3.8, 4) is 0 Å². The summed E-state index contributed by atoms with van der Waals surface area (Å²) in [5, 5.41) is -0.0776. The lowest BCUT2D eigenvalue weighted by Crippen LogP contribution is -1.80.